The minimum Gasteiger partial charge on any atom is -0.352 e. The molecule has 0 fully saturated rings. The number of carbonyl (C=O) groups is 1. The highest BCUT2D eigenvalue weighted by molar-refractivity contribution is 5.95. The molecule has 2 heterocycles. The Hall–Kier alpha value is -2.82. The monoisotopic (exact) mass is 336 g/mol. The number of nitrogens with zero attached hydrogens (tertiary/aromatic N) is 3. The molecule has 0 radical (unpaired) electrons. The highest BCUT2D eigenvalue weighted by atomic mass is 16.1. The van der Waals surface area contributed by atoms with Gasteiger partial charge in [-0.05, 0) is 50.5 Å². The molecule has 5 nitrogen and oxygen atoms in total. The quantitative estimate of drug-likeness (QED) is 0.778. The average molecular weight is 336 g/mol. The molecule has 3 aromatic rings. The van der Waals surface area contributed by atoms with Gasteiger partial charge in [0, 0.05) is 36.9 Å². The number of aryl methyl sites for hydroxylation is 3. The largest absolute Gasteiger partial charge is 0.352 e. The highest BCUT2D eigenvalue weighted by Crippen LogP contribution is 2.23. The normalized spacial score (nSPS) is 10.9. The van der Waals surface area contributed by atoms with Gasteiger partial charge in [0.2, 0.25) is 0 Å². The van der Waals surface area contributed by atoms with Crippen LogP contribution >= 0.6 is 0 Å². The molecule has 0 bridgehead atoms. The summed E-state index contributed by atoms with van der Waals surface area (Å²) in [5.41, 5.74) is 6.18. The van der Waals surface area contributed by atoms with Crippen molar-refractivity contribution in [3.63, 3.8) is 0 Å². The van der Waals surface area contributed by atoms with E-state index in [1.54, 1.807) is 4.68 Å². The van der Waals surface area contributed by atoms with Gasteiger partial charge in [-0.1, -0.05) is 18.2 Å². The van der Waals surface area contributed by atoms with E-state index >= 15 is 0 Å². The first-order valence-electron chi connectivity index (χ1n) is 8.48. The maximum absolute atomic E-state index is 12.6. The summed E-state index contributed by atoms with van der Waals surface area (Å²) in [5, 5.41) is 7.16. The first kappa shape index (κ1) is 17.0. The van der Waals surface area contributed by atoms with E-state index < -0.39 is 0 Å². The predicted molar refractivity (Wildman–Crippen MR) is 99.2 cm³/mol. The summed E-state index contributed by atoms with van der Waals surface area (Å²) in [7, 11) is 1.89. The Morgan fingerprint density at radius 3 is 2.64 bits per heavy atom. The van der Waals surface area contributed by atoms with Crippen LogP contribution in [-0.4, -0.2) is 26.8 Å². The average Bonchev–Trinajstić information content (AvgIpc) is 3.11. The Bertz CT molecular complexity index is 904. The summed E-state index contributed by atoms with van der Waals surface area (Å²) >= 11 is 0. The van der Waals surface area contributed by atoms with E-state index in [-0.39, 0.29) is 5.91 Å². The van der Waals surface area contributed by atoms with Crippen LogP contribution in [0.25, 0.3) is 5.69 Å². The summed E-state index contributed by atoms with van der Waals surface area (Å²) in [4.78, 5) is 12.6. The first-order valence-corrected chi connectivity index (χ1v) is 8.48. The summed E-state index contributed by atoms with van der Waals surface area (Å²) in [6.45, 7) is 6.71. The Balaban J connectivity index is 1.75. The van der Waals surface area contributed by atoms with Crippen LogP contribution < -0.4 is 5.32 Å². The predicted octanol–water partition coefficient (Wildman–Crippen LogP) is 3.11. The number of aromatic nitrogens is 3. The number of amides is 1. The summed E-state index contributed by atoms with van der Waals surface area (Å²) in [6.07, 6.45) is 4.57. The van der Waals surface area contributed by atoms with E-state index in [0.29, 0.717) is 6.54 Å². The molecule has 1 N–H and O–H groups in total. The van der Waals surface area contributed by atoms with Gasteiger partial charge in [0.15, 0.2) is 0 Å². The van der Waals surface area contributed by atoms with Crippen LogP contribution in [0.5, 0.6) is 0 Å². The third kappa shape index (κ3) is 3.50. The van der Waals surface area contributed by atoms with Crippen LogP contribution in [0.15, 0.2) is 42.7 Å². The molecule has 0 saturated heterocycles. The third-order valence-corrected chi connectivity index (χ3v) is 4.49. The molecule has 0 aliphatic rings. The SMILES string of the molecule is Cc1ccccc1-n1c(C)cc(C(=O)NCCc2cnn(C)c2)c1C. The number of nitrogens with one attached hydrogen (secondary N) is 1. The van der Waals surface area contributed by atoms with Crippen LogP contribution in [0, 0.1) is 20.8 Å². The zero-order valence-corrected chi connectivity index (χ0v) is 15.2. The number of hydrogen-bond donors (Lipinski definition) is 1. The molecule has 1 aromatic carbocycles. The van der Waals surface area contributed by atoms with Crippen molar-refractivity contribution >= 4 is 5.91 Å². The van der Waals surface area contributed by atoms with Crippen molar-refractivity contribution < 1.29 is 4.79 Å². The van der Waals surface area contributed by atoms with Gasteiger partial charge >= 0.3 is 0 Å². The van der Waals surface area contributed by atoms with Crippen molar-refractivity contribution in [2.45, 2.75) is 27.2 Å². The Labute approximate surface area is 148 Å². The minimum absolute atomic E-state index is 0.0307. The second-order valence-corrected chi connectivity index (χ2v) is 6.43. The van der Waals surface area contributed by atoms with Crippen LogP contribution in [-0.2, 0) is 13.5 Å². The lowest BCUT2D eigenvalue weighted by atomic mass is 10.2. The van der Waals surface area contributed by atoms with Gasteiger partial charge in [-0.25, -0.2) is 0 Å². The molecule has 25 heavy (non-hydrogen) atoms. The standard InChI is InChI=1S/C20H24N4O/c1-14-7-5-6-8-19(14)24-15(2)11-18(16(24)3)20(25)21-10-9-17-12-22-23(4)13-17/h5-8,11-13H,9-10H2,1-4H3,(H,21,25). The fourth-order valence-corrected chi connectivity index (χ4v) is 3.19. The smallest absolute Gasteiger partial charge is 0.253 e. The zero-order chi connectivity index (χ0) is 18.0. The minimum atomic E-state index is -0.0307. The van der Waals surface area contributed by atoms with Gasteiger partial charge in [0.1, 0.15) is 0 Å². The molecular weight excluding hydrogens is 312 g/mol. The fourth-order valence-electron chi connectivity index (χ4n) is 3.19. The van der Waals surface area contributed by atoms with Crippen molar-refractivity contribution in [3.05, 3.63) is 70.8 Å². The molecule has 5 heteroatoms. The maximum atomic E-state index is 12.6. The van der Waals surface area contributed by atoms with Gasteiger partial charge in [0.05, 0.1) is 11.8 Å². The van der Waals surface area contributed by atoms with Gasteiger partial charge in [-0.3, -0.25) is 9.48 Å². The zero-order valence-electron chi connectivity index (χ0n) is 15.2. The van der Waals surface area contributed by atoms with Crippen molar-refractivity contribution in [1.29, 1.82) is 0 Å². The highest BCUT2D eigenvalue weighted by Gasteiger charge is 2.17. The second kappa shape index (κ2) is 6.97. The van der Waals surface area contributed by atoms with Crippen molar-refractivity contribution in [2.75, 3.05) is 6.54 Å². The van der Waals surface area contributed by atoms with Crippen LogP contribution in [0.1, 0.15) is 32.9 Å². The second-order valence-electron chi connectivity index (χ2n) is 6.43. The van der Waals surface area contributed by atoms with Crippen LogP contribution in [0.3, 0.4) is 0 Å². The van der Waals surface area contributed by atoms with Gasteiger partial charge in [-0.2, -0.15) is 5.10 Å². The lowest BCUT2D eigenvalue weighted by molar-refractivity contribution is 0.0953. The molecule has 2 aromatic heterocycles. The first-order chi connectivity index (χ1) is 12.0. The molecule has 1 amide bonds. The molecule has 0 atom stereocenters. The van der Waals surface area contributed by atoms with Crippen molar-refractivity contribution in [2.24, 2.45) is 7.05 Å². The topological polar surface area (TPSA) is 51.9 Å². The lowest BCUT2D eigenvalue weighted by Crippen LogP contribution is -2.26. The number of hydrogen-bond acceptors (Lipinski definition) is 2. The lowest BCUT2D eigenvalue weighted by Gasteiger charge is -2.12. The van der Waals surface area contributed by atoms with E-state index in [0.717, 1.165) is 34.6 Å². The summed E-state index contributed by atoms with van der Waals surface area (Å²) in [6, 6.07) is 10.2. The summed E-state index contributed by atoms with van der Waals surface area (Å²) < 4.78 is 3.92. The van der Waals surface area contributed by atoms with Crippen LogP contribution in [0.2, 0.25) is 0 Å². The van der Waals surface area contributed by atoms with E-state index in [4.69, 9.17) is 0 Å². The molecule has 0 saturated carbocycles. The van der Waals surface area contributed by atoms with Gasteiger partial charge < -0.3 is 9.88 Å². The molecule has 3 rings (SSSR count). The van der Waals surface area contributed by atoms with E-state index in [1.807, 2.05) is 51.5 Å². The molecular formula is C20H24N4O. The van der Waals surface area contributed by atoms with Crippen molar-refractivity contribution in [1.82, 2.24) is 19.7 Å². The van der Waals surface area contributed by atoms with E-state index in [1.165, 1.54) is 5.56 Å². The fraction of sp³-hybridized carbons (Fsp3) is 0.300. The Morgan fingerprint density at radius 1 is 1.20 bits per heavy atom. The van der Waals surface area contributed by atoms with Gasteiger partial charge in [-0.15, -0.1) is 0 Å². The van der Waals surface area contributed by atoms with Crippen LogP contribution in [0.4, 0.5) is 0 Å². The Kier molecular flexibility index (Phi) is 4.74. The number of carbonyl (C=O) groups excluding carboxylic acids is 1. The van der Waals surface area contributed by atoms with Gasteiger partial charge in [0.25, 0.3) is 5.91 Å². The molecule has 0 unspecified atom stereocenters. The number of rotatable bonds is 5. The summed E-state index contributed by atoms with van der Waals surface area (Å²) in [5.74, 6) is -0.0307. The third-order valence-electron chi connectivity index (χ3n) is 4.49. The van der Waals surface area contributed by atoms with E-state index in [2.05, 4.69) is 34.0 Å². The number of para-hydroxylation sites is 1. The van der Waals surface area contributed by atoms with E-state index in [9.17, 15) is 4.79 Å². The maximum Gasteiger partial charge on any atom is 0.253 e. The Morgan fingerprint density at radius 2 is 1.96 bits per heavy atom. The van der Waals surface area contributed by atoms with Crippen molar-refractivity contribution in [3.8, 4) is 5.69 Å². The molecule has 0 aliphatic carbocycles. The number of benzene rings is 1. The molecule has 0 aliphatic heterocycles. The molecule has 130 valence electrons. The molecule has 0 spiro atoms.